The highest BCUT2D eigenvalue weighted by Crippen LogP contribution is 2.24. The summed E-state index contributed by atoms with van der Waals surface area (Å²) in [6, 6.07) is 11.8. The first kappa shape index (κ1) is 18.1. The summed E-state index contributed by atoms with van der Waals surface area (Å²) >= 11 is 12.0. The molecule has 0 aliphatic carbocycles. The monoisotopic (exact) mass is 375 g/mol. The molecule has 1 aromatic carbocycles. The topological polar surface area (TPSA) is 37.4 Å². The van der Waals surface area contributed by atoms with E-state index in [9.17, 15) is 0 Å². The number of rotatable bonds is 5. The minimum absolute atomic E-state index is 0.206. The molecule has 1 aliphatic heterocycles. The van der Waals surface area contributed by atoms with Crippen LogP contribution in [0.2, 0.25) is 5.02 Å². The van der Waals surface area contributed by atoms with E-state index in [4.69, 9.17) is 28.6 Å². The number of benzene rings is 1. The smallest absolute Gasteiger partial charge is 0.173 e. The van der Waals surface area contributed by atoms with Gasteiger partial charge in [0.05, 0.1) is 29.1 Å². The highest BCUT2D eigenvalue weighted by molar-refractivity contribution is 7.80. The van der Waals surface area contributed by atoms with E-state index in [1.54, 1.807) is 6.20 Å². The van der Waals surface area contributed by atoms with Crippen LogP contribution in [0.4, 0.5) is 5.69 Å². The zero-order valence-electron chi connectivity index (χ0n) is 14.2. The lowest BCUT2D eigenvalue weighted by molar-refractivity contribution is 0.0903. The summed E-state index contributed by atoms with van der Waals surface area (Å²) in [6.07, 6.45) is 4.17. The first-order valence-electron chi connectivity index (χ1n) is 8.45. The highest BCUT2D eigenvalue weighted by atomic mass is 35.5. The molecule has 1 aromatic heterocycles. The van der Waals surface area contributed by atoms with Crippen LogP contribution in [-0.4, -0.2) is 34.3 Å². The summed E-state index contributed by atoms with van der Waals surface area (Å²) in [4.78, 5) is 6.52. The SMILES string of the molecule is Cc1ccc(NC(=S)N(Cc2ccccn2)C[C@H]2CCCO2)c(Cl)c1. The van der Waals surface area contributed by atoms with Crippen LogP contribution in [0, 0.1) is 6.92 Å². The first-order valence-corrected chi connectivity index (χ1v) is 9.24. The summed E-state index contributed by atoms with van der Waals surface area (Å²) < 4.78 is 5.79. The molecule has 1 saturated heterocycles. The van der Waals surface area contributed by atoms with Crippen molar-refractivity contribution in [2.45, 2.75) is 32.4 Å². The molecule has 0 unspecified atom stereocenters. The number of aryl methyl sites for hydroxylation is 1. The van der Waals surface area contributed by atoms with Crippen molar-refractivity contribution in [3.63, 3.8) is 0 Å². The lowest BCUT2D eigenvalue weighted by Crippen LogP contribution is -2.39. The van der Waals surface area contributed by atoms with Crippen LogP contribution < -0.4 is 5.32 Å². The van der Waals surface area contributed by atoms with Crippen molar-refractivity contribution in [1.29, 1.82) is 0 Å². The van der Waals surface area contributed by atoms with Gasteiger partial charge < -0.3 is 15.0 Å². The van der Waals surface area contributed by atoms with E-state index in [1.807, 2.05) is 43.3 Å². The number of ether oxygens (including phenoxy) is 1. The predicted octanol–water partition coefficient (Wildman–Crippen LogP) is 4.42. The third kappa shape index (κ3) is 5.14. The molecule has 0 amide bonds. The minimum Gasteiger partial charge on any atom is -0.376 e. The van der Waals surface area contributed by atoms with Gasteiger partial charge in [0.25, 0.3) is 0 Å². The van der Waals surface area contributed by atoms with E-state index in [0.717, 1.165) is 42.9 Å². The molecule has 3 rings (SSSR count). The van der Waals surface area contributed by atoms with Gasteiger partial charge in [0.15, 0.2) is 5.11 Å². The average Bonchev–Trinajstić information content (AvgIpc) is 3.11. The zero-order valence-corrected chi connectivity index (χ0v) is 15.8. The van der Waals surface area contributed by atoms with Gasteiger partial charge in [-0.05, 0) is 61.8 Å². The molecule has 1 atom stereocenters. The van der Waals surface area contributed by atoms with Crippen LogP contribution in [0.3, 0.4) is 0 Å². The van der Waals surface area contributed by atoms with Crippen molar-refractivity contribution in [3.05, 3.63) is 58.9 Å². The third-order valence-electron chi connectivity index (χ3n) is 4.18. The van der Waals surface area contributed by atoms with Crippen molar-refractivity contribution < 1.29 is 4.74 Å². The largest absolute Gasteiger partial charge is 0.376 e. The maximum atomic E-state index is 6.33. The molecule has 132 valence electrons. The van der Waals surface area contributed by atoms with E-state index in [-0.39, 0.29) is 6.10 Å². The highest BCUT2D eigenvalue weighted by Gasteiger charge is 2.21. The van der Waals surface area contributed by atoms with E-state index in [2.05, 4.69) is 15.2 Å². The number of halogens is 1. The Hall–Kier alpha value is -1.69. The Morgan fingerprint density at radius 3 is 2.96 bits per heavy atom. The van der Waals surface area contributed by atoms with Crippen LogP contribution >= 0.6 is 23.8 Å². The lowest BCUT2D eigenvalue weighted by atomic mass is 10.2. The number of thiocarbonyl (C=S) groups is 1. The molecule has 2 heterocycles. The van der Waals surface area contributed by atoms with Gasteiger partial charge in [-0.3, -0.25) is 4.98 Å². The Kier molecular flexibility index (Phi) is 6.24. The zero-order chi connectivity index (χ0) is 17.6. The van der Waals surface area contributed by atoms with Crippen LogP contribution in [0.5, 0.6) is 0 Å². The van der Waals surface area contributed by atoms with E-state index in [0.29, 0.717) is 16.7 Å². The molecule has 25 heavy (non-hydrogen) atoms. The molecule has 0 spiro atoms. The Morgan fingerprint density at radius 1 is 1.40 bits per heavy atom. The molecule has 0 saturated carbocycles. The molecule has 0 bridgehead atoms. The van der Waals surface area contributed by atoms with Crippen LogP contribution in [-0.2, 0) is 11.3 Å². The lowest BCUT2D eigenvalue weighted by Gasteiger charge is -2.28. The second-order valence-corrected chi connectivity index (χ2v) is 7.04. The number of nitrogens with one attached hydrogen (secondary N) is 1. The number of anilines is 1. The molecule has 4 nitrogen and oxygen atoms in total. The maximum Gasteiger partial charge on any atom is 0.173 e. The van der Waals surface area contributed by atoms with Crippen LogP contribution in [0.1, 0.15) is 24.1 Å². The van der Waals surface area contributed by atoms with Crippen molar-refractivity contribution in [1.82, 2.24) is 9.88 Å². The fourth-order valence-electron chi connectivity index (χ4n) is 2.86. The van der Waals surface area contributed by atoms with Crippen molar-refractivity contribution >= 4 is 34.6 Å². The number of hydrogen-bond donors (Lipinski definition) is 1. The number of pyridine rings is 1. The predicted molar refractivity (Wildman–Crippen MR) is 106 cm³/mol. The van der Waals surface area contributed by atoms with Gasteiger partial charge in [0.2, 0.25) is 0 Å². The summed E-state index contributed by atoms with van der Waals surface area (Å²) in [6.45, 7) is 4.22. The van der Waals surface area contributed by atoms with Gasteiger partial charge in [0.1, 0.15) is 0 Å². The van der Waals surface area contributed by atoms with Crippen LogP contribution in [0.15, 0.2) is 42.6 Å². The fourth-order valence-corrected chi connectivity index (χ4v) is 3.39. The molecular formula is C19H22ClN3OS. The first-order chi connectivity index (χ1) is 12.1. The second-order valence-electron chi connectivity index (χ2n) is 6.25. The Balaban J connectivity index is 1.73. The third-order valence-corrected chi connectivity index (χ3v) is 4.85. The Morgan fingerprint density at radius 2 is 2.28 bits per heavy atom. The minimum atomic E-state index is 0.206. The molecule has 1 aliphatic rings. The van der Waals surface area contributed by atoms with Crippen molar-refractivity contribution in [3.8, 4) is 0 Å². The summed E-state index contributed by atoms with van der Waals surface area (Å²) in [5.41, 5.74) is 2.90. The van der Waals surface area contributed by atoms with Gasteiger partial charge in [-0.2, -0.15) is 0 Å². The Bertz CT molecular complexity index is 720. The summed E-state index contributed by atoms with van der Waals surface area (Å²) in [7, 11) is 0. The molecule has 2 aromatic rings. The summed E-state index contributed by atoms with van der Waals surface area (Å²) in [5.74, 6) is 0. The number of hydrogen-bond acceptors (Lipinski definition) is 3. The molecule has 0 radical (unpaired) electrons. The number of nitrogens with zero attached hydrogens (tertiary/aromatic N) is 2. The van der Waals surface area contributed by atoms with E-state index >= 15 is 0 Å². The van der Waals surface area contributed by atoms with Gasteiger partial charge >= 0.3 is 0 Å². The van der Waals surface area contributed by atoms with Gasteiger partial charge in [-0.1, -0.05) is 23.7 Å². The summed E-state index contributed by atoms with van der Waals surface area (Å²) in [5, 5.41) is 4.57. The fraction of sp³-hybridized carbons (Fsp3) is 0.368. The van der Waals surface area contributed by atoms with Crippen LogP contribution in [0.25, 0.3) is 0 Å². The van der Waals surface area contributed by atoms with Crippen molar-refractivity contribution in [2.24, 2.45) is 0 Å². The second kappa shape index (κ2) is 8.61. The molecule has 1 N–H and O–H groups in total. The number of aromatic nitrogens is 1. The average molecular weight is 376 g/mol. The van der Waals surface area contributed by atoms with Gasteiger partial charge in [0, 0.05) is 19.3 Å². The van der Waals surface area contributed by atoms with E-state index in [1.165, 1.54) is 0 Å². The quantitative estimate of drug-likeness (QED) is 0.783. The molecular weight excluding hydrogens is 354 g/mol. The molecule has 1 fully saturated rings. The standard InChI is InChI=1S/C19H22ClN3OS/c1-14-7-8-18(17(20)11-14)22-19(25)23(13-16-6-4-10-24-16)12-15-5-2-3-9-21-15/h2-3,5,7-9,11,16H,4,6,10,12-13H2,1H3,(H,22,25)/t16-/m1/s1. The van der Waals surface area contributed by atoms with E-state index < -0.39 is 0 Å². The van der Waals surface area contributed by atoms with Crippen molar-refractivity contribution in [2.75, 3.05) is 18.5 Å². The van der Waals surface area contributed by atoms with Gasteiger partial charge in [-0.15, -0.1) is 0 Å². The molecule has 6 heteroatoms. The maximum absolute atomic E-state index is 6.33. The van der Waals surface area contributed by atoms with Gasteiger partial charge in [-0.25, -0.2) is 0 Å². The Labute approximate surface area is 159 Å². The normalized spacial score (nSPS) is 16.6.